The minimum atomic E-state index is -1.04. The number of imide groups is 1. The molecule has 0 saturated carbocycles. The number of fused-ring (bicyclic) bond motifs is 1. The van der Waals surface area contributed by atoms with Gasteiger partial charge in [-0.2, -0.15) is 0 Å². The molecule has 0 bridgehead atoms. The number of thiazole rings is 1. The predicted molar refractivity (Wildman–Crippen MR) is 139 cm³/mol. The molecule has 0 radical (unpaired) electrons. The molecule has 2 fully saturated rings. The van der Waals surface area contributed by atoms with Crippen LogP contribution >= 0.6 is 22.9 Å². The number of carbonyl (C=O) groups is 2. The monoisotopic (exact) mass is 517 g/mol. The molecular formula is C27H20ClN3O4S. The Morgan fingerprint density at radius 1 is 0.806 bits per heavy atom. The number of hydrogen-bond acceptors (Lipinski definition) is 6. The first-order chi connectivity index (χ1) is 17.5. The number of hydroxylamine groups is 1. The Bertz CT molecular complexity index is 1540. The molecule has 1 aromatic heterocycles. The van der Waals surface area contributed by atoms with Crippen LogP contribution in [0.4, 0.5) is 11.4 Å². The maximum atomic E-state index is 13.9. The fraction of sp³-hybridized carbons (Fsp3) is 0.148. The molecule has 2 aliphatic heterocycles. The zero-order valence-electron chi connectivity index (χ0n) is 19.1. The minimum absolute atomic E-state index is 0.195. The van der Waals surface area contributed by atoms with Crippen LogP contribution < -0.4 is 14.8 Å². The number of rotatable bonds is 4. The van der Waals surface area contributed by atoms with Crippen molar-refractivity contribution >= 4 is 46.1 Å². The number of anilines is 2. The number of aromatic nitrogens is 1. The highest BCUT2D eigenvalue weighted by Crippen LogP contribution is 2.50. The normalized spacial score (nSPS) is 21.3. The van der Waals surface area contributed by atoms with Crippen LogP contribution in [-0.2, 0) is 14.4 Å². The third kappa shape index (κ3) is 3.41. The van der Waals surface area contributed by atoms with Crippen molar-refractivity contribution in [3.05, 3.63) is 110 Å². The average molecular weight is 518 g/mol. The van der Waals surface area contributed by atoms with Crippen LogP contribution in [0.15, 0.2) is 89.7 Å². The Labute approximate surface area is 215 Å². The summed E-state index contributed by atoms with van der Waals surface area (Å²) in [6.07, 6.45) is -1.04. The number of para-hydroxylation sites is 3. The predicted octanol–water partition coefficient (Wildman–Crippen LogP) is 4.91. The summed E-state index contributed by atoms with van der Waals surface area (Å²) in [5.41, 5.74) is 2.60. The van der Waals surface area contributed by atoms with Crippen LogP contribution in [0.25, 0.3) is 5.69 Å². The van der Waals surface area contributed by atoms with Gasteiger partial charge in [-0.15, -0.1) is 0 Å². The van der Waals surface area contributed by atoms with Crippen molar-refractivity contribution in [2.45, 2.75) is 19.1 Å². The molecule has 0 spiro atoms. The Balaban J connectivity index is 1.50. The minimum Gasteiger partial charge on any atom is -0.273 e. The third-order valence-corrected chi connectivity index (χ3v) is 8.04. The molecule has 2 aliphatic rings. The molecule has 2 saturated heterocycles. The lowest BCUT2D eigenvalue weighted by Gasteiger charge is -2.28. The SMILES string of the molecule is Cc1ccccc1N1C(=O)[C@H]2[C@H](ON(c3ccccc3)[C@H]2c2sc(=O)n(-c3ccccc3)c2Cl)C1=O. The second kappa shape index (κ2) is 8.74. The summed E-state index contributed by atoms with van der Waals surface area (Å²) in [6.45, 7) is 1.85. The highest BCUT2D eigenvalue weighted by atomic mass is 35.5. The van der Waals surface area contributed by atoms with Crippen LogP contribution in [0, 0.1) is 12.8 Å². The molecular weight excluding hydrogens is 498 g/mol. The van der Waals surface area contributed by atoms with E-state index in [9.17, 15) is 14.4 Å². The van der Waals surface area contributed by atoms with Gasteiger partial charge in [0.05, 0.1) is 21.9 Å². The molecule has 180 valence electrons. The molecule has 3 heterocycles. The topological polar surface area (TPSA) is 71.8 Å². The van der Waals surface area contributed by atoms with Gasteiger partial charge in [0, 0.05) is 0 Å². The summed E-state index contributed by atoms with van der Waals surface area (Å²) in [4.78, 5) is 48.1. The van der Waals surface area contributed by atoms with Crippen molar-refractivity contribution in [1.29, 1.82) is 0 Å². The first kappa shape index (κ1) is 22.7. The third-order valence-electron chi connectivity index (χ3n) is 6.54. The summed E-state index contributed by atoms with van der Waals surface area (Å²) in [7, 11) is 0. The Hall–Kier alpha value is -3.72. The van der Waals surface area contributed by atoms with Crippen LogP contribution in [-0.4, -0.2) is 22.5 Å². The quantitative estimate of drug-likeness (QED) is 0.360. The van der Waals surface area contributed by atoms with E-state index in [-0.39, 0.29) is 15.9 Å². The van der Waals surface area contributed by atoms with E-state index in [0.717, 1.165) is 16.9 Å². The van der Waals surface area contributed by atoms with Crippen LogP contribution in [0.3, 0.4) is 0 Å². The fourth-order valence-electron chi connectivity index (χ4n) is 4.88. The Morgan fingerprint density at radius 2 is 1.42 bits per heavy atom. The zero-order chi connectivity index (χ0) is 25.0. The molecule has 3 atom stereocenters. The summed E-state index contributed by atoms with van der Waals surface area (Å²) in [5.74, 6) is -1.70. The number of nitrogens with zero attached hydrogens (tertiary/aromatic N) is 3. The first-order valence-corrected chi connectivity index (χ1v) is 12.6. The molecule has 6 rings (SSSR count). The van der Waals surface area contributed by atoms with Crippen molar-refractivity contribution in [1.82, 2.24) is 4.57 Å². The van der Waals surface area contributed by atoms with E-state index >= 15 is 0 Å². The summed E-state index contributed by atoms with van der Waals surface area (Å²) in [5, 5.41) is 1.74. The number of benzene rings is 3. The molecule has 0 N–H and O–H groups in total. The van der Waals surface area contributed by atoms with Crippen LogP contribution in [0.5, 0.6) is 0 Å². The molecule has 0 unspecified atom stereocenters. The Morgan fingerprint density at radius 3 is 2.08 bits per heavy atom. The molecule has 9 heteroatoms. The second-order valence-corrected chi connectivity index (χ2v) is 10.0. The van der Waals surface area contributed by atoms with E-state index < -0.39 is 24.0 Å². The number of hydrogen-bond donors (Lipinski definition) is 0. The smallest absolute Gasteiger partial charge is 0.273 e. The number of aryl methyl sites for hydroxylation is 1. The van der Waals surface area contributed by atoms with Gasteiger partial charge in [-0.3, -0.25) is 23.8 Å². The van der Waals surface area contributed by atoms with E-state index in [1.807, 2.05) is 67.6 Å². The lowest BCUT2D eigenvalue weighted by atomic mass is 9.95. The van der Waals surface area contributed by atoms with E-state index in [0.29, 0.717) is 21.9 Å². The van der Waals surface area contributed by atoms with Gasteiger partial charge in [-0.1, -0.05) is 77.5 Å². The number of halogens is 1. The van der Waals surface area contributed by atoms with E-state index in [4.69, 9.17) is 16.4 Å². The standard InChI is InChI=1S/C27H20ClN3O4S/c1-16-10-8-9-15-19(16)30-25(32)20-21(31(35-22(20)26(30)33)18-13-6-3-7-14-18)23-24(28)29(27(34)36-23)17-11-4-2-5-12-17/h2-15,20-22H,1H3/t20-,21-,22+/m1/s1. The number of carbonyl (C=O) groups excluding carboxylic acids is 2. The van der Waals surface area contributed by atoms with Gasteiger partial charge < -0.3 is 0 Å². The largest absolute Gasteiger partial charge is 0.313 e. The highest BCUT2D eigenvalue weighted by Gasteiger charge is 2.61. The summed E-state index contributed by atoms with van der Waals surface area (Å²) < 4.78 is 1.42. The van der Waals surface area contributed by atoms with Gasteiger partial charge in [0.2, 0.25) is 5.91 Å². The van der Waals surface area contributed by atoms with Gasteiger partial charge in [0.15, 0.2) is 6.10 Å². The molecule has 4 aromatic rings. The molecule has 36 heavy (non-hydrogen) atoms. The van der Waals surface area contributed by atoms with Crippen molar-refractivity contribution < 1.29 is 14.4 Å². The highest BCUT2D eigenvalue weighted by molar-refractivity contribution is 7.10. The van der Waals surface area contributed by atoms with Crippen molar-refractivity contribution in [2.75, 3.05) is 9.96 Å². The van der Waals surface area contributed by atoms with Crippen LogP contribution in [0.1, 0.15) is 16.5 Å². The van der Waals surface area contributed by atoms with Crippen LogP contribution in [0.2, 0.25) is 5.15 Å². The maximum Gasteiger partial charge on any atom is 0.313 e. The summed E-state index contributed by atoms with van der Waals surface area (Å²) >= 11 is 7.79. The van der Waals surface area contributed by atoms with E-state index in [2.05, 4.69) is 0 Å². The molecule has 0 aliphatic carbocycles. The lowest BCUT2D eigenvalue weighted by molar-refractivity contribution is -0.126. The fourth-order valence-corrected chi connectivity index (χ4v) is 6.35. The molecule has 7 nitrogen and oxygen atoms in total. The van der Waals surface area contributed by atoms with Crippen molar-refractivity contribution in [3.8, 4) is 5.69 Å². The van der Waals surface area contributed by atoms with Crippen molar-refractivity contribution in [2.24, 2.45) is 5.92 Å². The van der Waals surface area contributed by atoms with Crippen molar-refractivity contribution in [3.63, 3.8) is 0 Å². The van der Waals surface area contributed by atoms with Gasteiger partial charge in [0.25, 0.3) is 5.91 Å². The number of amides is 2. The van der Waals surface area contributed by atoms with E-state index in [1.54, 1.807) is 29.3 Å². The van der Waals surface area contributed by atoms with Gasteiger partial charge >= 0.3 is 4.87 Å². The maximum absolute atomic E-state index is 13.9. The second-order valence-electron chi connectivity index (χ2n) is 8.65. The molecule has 3 aromatic carbocycles. The van der Waals surface area contributed by atoms with E-state index in [1.165, 1.54) is 9.47 Å². The van der Waals surface area contributed by atoms with Gasteiger partial charge in [-0.05, 0) is 42.8 Å². The van der Waals surface area contributed by atoms with Gasteiger partial charge in [0.1, 0.15) is 17.1 Å². The zero-order valence-corrected chi connectivity index (χ0v) is 20.6. The lowest BCUT2D eigenvalue weighted by Crippen LogP contribution is -2.37. The summed E-state index contributed by atoms with van der Waals surface area (Å²) in [6, 6.07) is 24.7. The Kier molecular flexibility index (Phi) is 5.52. The first-order valence-electron chi connectivity index (χ1n) is 11.4. The average Bonchev–Trinajstić information content (AvgIpc) is 3.50. The van der Waals surface area contributed by atoms with Gasteiger partial charge in [-0.25, -0.2) is 9.96 Å². The molecule has 2 amide bonds.